The second-order valence-corrected chi connectivity index (χ2v) is 4.91. The van der Waals surface area contributed by atoms with Crippen molar-refractivity contribution in [1.29, 1.82) is 0 Å². The molecule has 0 spiro atoms. The van der Waals surface area contributed by atoms with Gasteiger partial charge in [-0.1, -0.05) is 24.4 Å². The van der Waals surface area contributed by atoms with Crippen LogP contribution in [0.15, 0.2) is 60.9 Å². The first-order chi connectivity index (χ1) is 9.74. The summed E-state index contributed by atoms with van der Waals surface area (Å²) in [6.07, 6.45) is 3.66. The van der Waals surface area contributed by atoms with Crippen molar-refractivity contribution in [2.45, 2.75) is 0 Å². The summed E-state index contributed by atoms with van der Waals surface area (Å²) < 4.78 is 0. The molecule has 3 aromatic rings. The highest BCUT2D eigenvalue weighted by Crippen LogP contribution is 2.25. The van der Waals surface area contributed by atoms with Crippen molar-refractivity contribution in [1.82, 2.24) is 4.98 Å². The van der Waals surface area contributed by atoms with E-state index in [1.54, 1.807) is 6.20 Å². The lowest BCUT2D eigenvalue weighted by molar-refractivity contribution is 1.36. The Morgan fingerprint density at radius 1 is 1.05 bits per heavy atom. The van der Waals surface area contributed by atoms with Crippen LogP contribution in [-0.4, -0.2) is 9.97 Å². The standard InChI is InChI=1S/C16H13N3S/c17-16(20)12-4-6-13(7-5-12)19-15-3-1-2-11-8-9-18-10-14(11)15/h1-10,19H,(H2,17,20). The van der Waals surface area contributed by atoms with Crippen LogP contribution in [0.25, 0.3) is 10.8 Å². The molecule has 98 valence electrons. The lowest BCUT2D eigenvalue weighted by Gasteiger charge is -2.10. The molecule has 2 aromatic carbocycles. The fourth-order valence-corrected chi connectivity index (χ4v) is 2.23. The first-order valence-corrected chi connectivity index (χ1v) is 6.64. The lowest BCUT2D eigenvalue weighted by atomic mass is 10.1. The number of nitrogens with two attached hydrogens (primary N) is 1. The molecule has 0 saturated carbocycles. The van der Waals surface area contributed by atoms with E-state index in [1.165, 1.54) is 0 Å². The molecule has 4 heteroatoms. The van der Waals surface area contributed by atoms with Gasteiger partial charge in [0.05, 0.1) is 0 Å². The number of nitrogens with one attached hydrogen (secondary N) is 1. The predicted octanol–water partition coefficient (Wildman–Crippen LogP) is 3.61. The van der Waals surface area contributed by atoms with Crippen molar-refractivity contribution in [3.8, 4) is 0 Å². The van der Waals surface area contributed by atoms with Gasteiger partial charge >= 0.3 is 0 Å². The summed E-state index contributed by atoms with van der Waals surface area (Å²) in [5.41, 5.74) is 8.47. The largest absolute Gasteiger partial charge is 0.389 e. The first-order valence-electron chi connectivity index (χ1n) is 6.24. The van der Waals surface area contributed by atoms with Crippen molar-refractivity contribution in [2.24, 2.45) is 5.73 Å². The zero-order valence-electron chi connectivity index (χ0n) is 10.7. The highest BCUT2D eigenvalue weighted by Gasteiger charge is 2.02. The quantitative estimate of drug-likeness (QED) is 0.719. The number of hydrogen-bond acceptors (Lipinski definition) is 3. The number of fused-ring (bicyclic) bond motifs is 1. The minimum Gasteiger partial charge on any atom is -0.389 e. The minimum absolute atomic E-state index is 0.408. The molecular weight excluding hydrogens is 266 g/mol. The fourth-order valence-electron chi connectivity index (χ4n) is 2.10. The molecule has 0 aliphatic rings. The van der Waals surface area contributed by atoms with Crippen LogP contribution in [0.2, 0.25) is 0 Å². The molecule has 0 fully saturated rings. The number of aromatic nitrogens is 1. The molecule has 3 nitrogen and oxygen atoms in total. The monoisotopic (exact) mass is 279 g/mol. The van der Waals surface area contributed by atoms with Crippen LogP contribution in [0.3, 0.4) is 0 Å². The van der Waals surface area contributed by atoms with Crippen molar-refractivity contribution in [3.63, 3.8) is 0 Å². The Bertz CT molecular complexity index is 761. The van der Waals surface area contributed by atoms with Crippen LogP contribution in [-0.2, 0) is 0 Å². The van der Waals surface area contributed by atoms with E-state index in [4.69, 9.17) is 18.0 Å². The number of anilines is 2. The molecule has 3 N–H and O–H groups in total. The molecule has 0 aliphatic heterocycles. The van der Waals surface area contributed by atoms with Crippen molar-refractivity contribution in [3.05, 3.63) is 66.5 Å². The van der Waals surface area contributed by atoms with Crippen LogP contribution < -0.4 is 11.1 Å². The topological polar surface area (TPSA) is 50.9 Å². The van der Waals surface area contributed by atoms with Gasteiger partial charge in [-0.15, -0.1) is 0 Å². The second-order valence-electron chi connectivity index (χ2n) is 4.47. The van der Waals surface area contributed by atoms with Gasteiger partial charge in [-0.25, -0.2) is 0 Å². The second kappa shape index (κ2) is 5.27. The smallest absolute Gasteiger partial charge is 0.103 e. The van der Waals surface area contributed by atoms with Gasteiger partial charge in [0.1, 0.15) is 4.99 Å². The van der Waals surface area contributed by atoms with E-state index in [1.807, 2.05) is 48.7 Å². The summed E-state index contributed by atoms with van der Waals surface area (Å²) in [5.74, 6) is 0. The third-order valence-electron chi connectivity index (χ3n) is 3.13. The summed E-state index contributed by atoms with van der Waals surface area (Å²) in [6, 6.07) is 15.9. The molecular formula is C16H13N3S. The molecule has 0 radical (unpaired) electrons. The zero-order valence-corrected chi connectivity index (χ0v) is 11.5. The Kier molecular flexibility index (Phi) is 3.31. The molecule has 0 saturated heterocycles. The molecule has 0 atom stereocenters. The highest BCUT2D eigenvalue weighted by atomic mass is 32.1. The molecule has 0 bridgehead atoms. The molecule has 0 amide bonds. The normalized spacial score (nSPS) is 10.4. The molecule has 0 unspecified atom stereocenters. The van der Waals surface area contributed by atoms with E-state index in [2.05, 4.69) is 16.4 Å². The Morgan fingerprint density at radius 2 is 1.85 bits per heavy atom. The van der Waals surface area contributed by atoms with E-state index in [0.29, 0.717) is 4.99 Å². The lowest BCUT2D eigenvalue weighted by Crippen LogP contribution is -2.08. The average Bonchev–Trinajstić information content (AvgIpc) is 2.48. The van der Waals surface area contributed by atoms with Crippen LogP contribution in [0.1, 0.15) is 5.56 Å². The summed E-state index contributed by atoms with van der Waals surface area (Å²) in [7, 11) is 0. The van der Waals surface area contributed by atoms with Gasteiger partial charge in [0, 0.05) is 34.7 Å². The van der Waals surface area contributed by atoms with Crippen molar-refractivity contribution < 1.29 is 0 Å². The van der Waals surface area contributed by atoms with E-state index in [-0.39, 0.29) is 0 Å². The number of pyridine rings is 1. The number of hydrogen-bond donors (Lipinski definition) is 2. The van der Waals surface area contributed by atoms with Gasteiger partial charge < -0.3 is 11.1 Å². The summed E-state index contributed by atoms with van der Waals surface area (Å²) in [5, 5.41) is 5.64. The molecule has 1 heterocycles. The number of benzene rings is 2. The Morgan fingerprint density at radius 3 is 2.60 bits per heavy atom. The first kappa shape index (κ1) is 12.6. The third kappa shape index (κ3) is 2.46. The molecule has 3 rings (SSSR count). The number of rotatable bonds is 3. The van der Waals surface area contributed by atoms with E-state index in [0.717, 1.165) is 27.7 Å². The van der Waals surface area contributed by atoms with Crippen LogP contribution >= 0.6 is 12.2 Å². The van der Waals surface area contributed by atoms with E-state index < -0.39 is 0 Å². The Balaban J connectivity index is 1.95. The van der Waals surface area contributed by atoms with Crippen LogP contribution in [0, 0.1) is 0 Å². The SMILES string of the molecule is NC(=S)c1ccc(Nc2cccc3ccncc23)cc1. The van der Waals surface area contributed by atoms with Gasteiger partial charge in [-0.05, 0) is 41.8 Å². The molecule has 1 aromatic heterocycles. The summed E-state index contributed by atoms with van der Waals surface area (Å²) in [4.78, 5) is 4.59. The molecule has 20 heavy (non-hydrogen) atoms. The van der Waals surface area contributed by atoms with Gasteiger partial charge in [-0.3, -0.25) is 4.98 Å². The highest BCUT2D eigenvalue weighted by molar-refractivity contribution is 7.80. The van der Waals surface area contributed by atoms with Gasteiger partial charge in [0.15, 0.2) is 0 Å². The summed E-state index contributed by atoms with van der Waals surface area (Å²) in [6.45, 7) is 0. The fraction of sp³-hybridized carbons (Fsp3) is 0. The number of thiocarbonyl (C=S) groups is 1. The van der Waals surface area contributed by atoms with Crippen molar-refractivity contribution in [2.75, 3.05) is 5.32 Å². The Labute approximate surface area is 122 Å². The average molecular weight is 279 g/mol. The zero-order chi connectivity index (χ0) is 13.9. The van der Waals surface area contributed by atoms with Crippen LogP contribution in [0.5, 0.6) is 0 Å². The maximum Gasteiger partial charge on any atom is 0.103 e. The van der Waals surface area contributed by atoms with E-state index in [9.17, 15) is 0 Å². The number of nitrogens with zero attached hydrogens (tertiary/aromatic N) is 1. The third-order valence-corrected chi connectivity index (χ3v) is 3.37. The maximum absolute atomic E-state index is 5.59. The minimum atomic E-state index is 0.408. The van der Waals surface area contributed by atoms with Gasteiger partial charge in [-0.2, -0.15) is 0 Å². The van der Waals surface area contributed by atoms with E-state index >= 15 is 0 Å². The summed E-state index contributed by atoms with van der Waals surface area (Å²) >= 11 is 4.95. The van der Waals surface area contributed by atoms with Gasteiger partial charge in [0.2, 0.25) is 0 Å². The Hall–Kier alpha value is -2.46. The maximum atomic E-state index is 5.59. The molecule has 0 aliphatic carbocycles. The van der Waals surface area contributed by atoms with Crippen molar-refractivity contribution >= 4 is 39.4 Å². The van der Waals surface area contributed by atoms with Gasteiger partial charge in [0.25, 0.3) is 0 Å². The van der Waals surface area contributed by atoms with Crippen LogP contribution in [0.4, 0.5) is 11.4 Å². The predicted molar refractivity (Wildman–Crippen MR) is 87.4 cm³/mol.